The molecule has 22 heavy (non-hydrogen) atoms. The first-order valence-electron chi connectivity index (χ1n) is 6.46. The minimum atomic E-state index is -4.51. The maximum Gasteiger partial charge on any atom is 0.416 e. The summed E-state index contributed by atoms with van der Waals surface area (Å²) in [5.74, 6) is -0.638. The first-order chi connectivity index (χ1) is 10.0. The van der Waals surface area contributed by atoms with E-state index in [4.69, 9.17) is 0 Å². The Hall–Kier alpha value is -1.61. The molecule has 1 rings (SSSR count). The molecule has 0 spiro atoms. The number of benzene rings is 1. The third kappa shape index (κ3) is 5.64. The van der Waals surface area contributed by atoms with Gasteiger partial charge in [0.05, 0.1) is 17.4 Å². The summed E-state index contributed by atoms with van der Waals surface area (Å²) in [6.45, 7) is 2.41. The highest BCUT2D eigenvalue weighted by molar-refractivity contribution is 7.89. The van der Waals surface area contributed by atoms with Crippen LogP contribution in [0.4, 0.5) is 13.2 Å². The Kier molecular flexibility index (Phi) is 5.95. The number of sulfonamides is 1. The molecule has 0 radical (unpaired) electrons. The number of amides is 1. The molecule has 1 unspecified atom stereocenters. The van der Waals surface area contributed by atoms with Gasteiger partial charge in [0.25, 0.3) is 0 Å². The van der Waals surface area contributed by atoms with Crippen LogP contribution in [0.3, 0.4) is 0 Å². The minimum absolute atomic E-state index is 0.164. The van der Waals surface area contributed by atoms with Crippen molar-refractivity contribution in [1.29, 1.82) is 0 Å². The van der Waals surface area contributed by atoms with Crippen LogP contribution in [0.15, 0.2) is 24.3 Å². The van der Waals surface area contributed by atoms with E-state index in [2.05, 4.69) is 10.0 Å². The van der Waals surface area contributed by atoms with E-state index >= 15 is 0 Å². The van der Waals surface area contributed by atoms with Gasteiger partial charge in [-0.2, -0.15) is 13.2 Å². The van der Waals surface area contributed by atoms with E-state index < -0.39 is 33.7 Å². The van der Waals surface area contributed by atoms with Crippen molar-refractivity contribution in [3.05, 3.63) is 35.4 Å². The lowest BCUT2D eigenvalue weighted by Crippen LogP contribution is -2.37. The maximum absolute atomic E-state index is 12.7. The number of carbonyl (C=O) groups excluding carboxylic acids is 1. The first-order valence-corrected chi connectivity index (χ1v) is 8.12. The molecule has 1 aromatic carbocycles. The Labute approximate surface area is 127 Å². The highest BCUT2D eigenvalue weighted by Crippen LogP contribution is 2.30. The quantitative estimate of drug-likeness (QED) is 0.831. The van der Waals surface area contributed by atoms with Crippen LogP contribution >= 0.6 is 0 Å². The Morgan fingerprint density at radius 2 is 1.95 bits per heavy atom. The highest BCUT2D eigenvalue weighted by Gasteiger charge is 2.31. The topological polar surface area (TPSA) is 75.3 Å². The molecule has 0 heterocycles. The second-order valence-corrected chi connectivity index (χ2v) is 6.72. The molecule has 124 valence electrons. The summed E-state index contributed by atoms with van der Waals surface area (Å²) in [6, 6.07) is 3.52. The molecule has 0 aliphatic carbocycles. The lowest BCUT2D eigenvalue weighted by molar-refractivity contribution is -0.137. The zero-order valence-corrected chi connectivity index (χ0v) is 12.9. The summed E-state index contributed by atoms with van der Waals surface area (Å²) in [5, 5.41) is 2.44. The van der Waals surface area contributed by atoms with Gasteiger partial charge < -0.3 is 5.32 Å². The van der Waals surface area contributed by atoms with Crippen LogP contribution in [0.1, 0.15) is 31.0 Å². The van der Waals surface area contributed by atoms with Crippen molar-refractivity contribution in [3.8, 4) is 0 Å². The van der Waals surface area contributed by atoms with Gasteiger partial charge in [0.2, 0.25) is 15.9 Å². The summed E-state index contributed by atoms with van der Waals surface area (Å²) in [4.78, 5) is 11.2. The summed E-state index contributed by atoms with van der Waals surface area (Å²) in [7, 11) is -3.52. The molecule has 0 aromatic heterocycles. The average molecular weight is 338 g/mol. The molecular formula is C13H17F3N2O3S. The van der Waals surface area contributed by atoms with Crippen LogP contribution in [0.5, 0.6) is 0 Å². The minimum Gasteiger partial charge on any atom is -0.348 e. The molecule has 0 saturated heterocycles. The molecular weight excluding hydrogens is 321 g/mol. The SMILES string of the molecule is CCS(=O)(=O)NCC(NC(C)=O)c1cccc(C(F)(F)F)c1. The molecule has 1 atom stereocenters. The largest absolute Gasteiger partial charge is 0.416 e. The number of hydrogen-bond donors (Lipinski definition) is 2. The van der Waals surface area contributed by atoms with E-state index in [1.165, 1.54) is 26.0 Å². The Balaban J connectivity index is 3.04. The van der Waals surface area contributed by atoms with Gasteiger partial charge in [0.1, 0.15) is 0 Å². The predicted molar refractivity (Wildman–Crippen MR) is 75.5 cm³/mol. The molecule has 0 saturated carbocycles. The molecule has 0 aliphatic heterocycles. The van der Waals surface area contributed by atoms with Gasteiger partial charge in [-0.3, -0.25) is 4.79 Å². The molecule has 9 heteroatoms. The molecule has 0 aliphatic rings. The standard InChI is InChI=1S/C13H17F3N2O3S/c1-3-22(20,21)17-8-12(18-9(2)19)10-5-4-6-11(7-10)13(14,15)16/h4-7,12,17H,3,8H2,1-2H3,(H,18,19). The summed E-state index contributed by atoms with van der Waals surface area (Å²) >= 11 is 0. The number of carbonyl (C=O) groups is 1. The van der Waals surface area contributed by atoms with Crippen LogP contribution in [-0.4, -0.2) is 26.6 Å². The zero-order chi connectivity index (χ0) is 17.0. The fraction of sp³-hybridized carbons (Fsp3) is 0.462. The highest BCUT2D eigenvalue weighted by atomic mass is 32.2. The van der Waals surface area contributed by atoms with Crippen molar-refractivity contribution < 1.29 is 26.4 Å². The average Bonchev–Trinajstić information content (AvgIpc) is 2.42. The molecule has 0 fully saturated rings. The van der Waals surface area contributed by atoms with Crippen molar-refractivity contribution in [2.75, 3.05) is 12.3 Å². The van der Waals surface area contributed by atoms with Crippen LogP contribution < -0.4 is 10.0 Å². The fourth-order valence-corrected chi connectivity index (χ4v) is 2.37. The van der Waals surface area contributed by atoms with Crippen LogP contribution in [0.2, 0.25) is 0 Å². The van der Waals surface area contributed by atoms with Gasteiger partial charge in [-0.1, -0.05) is 12.1 Å². The van der Waals surface area contributed by atoms with E-state index in [0.29, 0.717) is 0 Å². The number of nitrogens with one attached hydrogen (secondary N) is 2. The van der Waals surface area contributed by atoms with Crippen molar-refractivity contribution in [3.63, 3.8) is 0 Å². The van der Waals surface area contributed by atoms with Crippen LogP contribution in [-0.2, 0) is 21.0 Å². The predicted octanol–water partition coefficient (Wildman–Crippen LogP) is 1.82. The lowest BCUT2D eigenvalue weighted by Gasteiger charge is -2.20. The maximum atomic E-state index is 12.7. The van der Waals surface area contributed by atoms with Gasteiger partial charge in [-0.15, -0.1) is 0 Å². The van der Waals surface area contributed by atoms with E-state index in [9.17, 15) is 26.4 Å². The van der Waals surface area contributed by atoms with Crippen molar-refractivity contribution in [2.45, 2.75) is 26.1 Å². The summed E-state index contributed by atoms with van der Waals surface area (Å²) in [5.41, 5.74) is -0.692. The van der Waals surface area contributed by atoms with Gasteiger partial charge in [-0.25, -0.2) is 13.1 Å². The van der Waals surface area contributed by atoms with Crippen molar-refractivity contribution in [1.82, 2.24) is 10.0 Å². The molecule has 1 aromatic rings. The van der Waals surface area contributed by atoms with E-state index in [0.717, 1.165) is 12.1 Å². The summed E-state index contributed by atoms with van der Waals surface area (Å²) in [6.07, 6.45) is -4.51. The van der Waals surface area contributed by atoms with E-state index in [-0.39, 0.29) is 17.9 Å². The molecule has 5 nitrogen and oxygen atoms in total. The number of rotatable bonds is 6. The van der Waals surface area contributed by atoms with E-state index in [1.54, 1.807) is 0 Å². The molecule has 1 amide bonds. The van der Waals surface area contributed by atoms with Gasteiger partial charge in [0, 0.05) is 13.5 Å². The number of halogens is 3. The second-order valence-electron chi connectivity index (χ2n) is 4.63. The normalized spacial score (nSPS) is 13.7. The molecule has 0 bridgehead atoms. The smallest absolute Gasteiger partial charge is 0.348 e. The number of hydrogen-bond acceptors (Lipinski definition) is 3. The van der Waals surface area contributed by atoms with Crippen molar-refractivity contribution in [2.24, 2.45) is 0 Å². The summed E-state index contributed by atoms with van der Waals surface area (Å²) < 4.78 is 63.3. The Bertz CT molecular complexity index is 630. The number of alkyl halides is 3. The Morgan fingerprint density at radius 1 is 1.32 bits per heavy atom. The Morgan fingerprint density at radius 3 is 2.45 bits per heavy atom. The zero-order valence-electron chi connectivity index (χ0n) is 12.1. The fourth-order valence-electron chi connectivity index (χ4n) is 1.74. The van der Waals surface area contributed by atoms with Gasteiger partial charge in [0.15, 0.2) is 0 Å². The third-order valence-corrected chi connectivity index (χ3v) is 4.25. The lowest BCUT2D eigenvalue weighted by atomic mass is 10.0. The molecule has 2 N–H and O–H groups in total. The van der Waals surface area contributed by atoms with Crippen LogP contribution in [0, 0.1) is 0 Å². The van der Waals surface area contributed by atoms with Crippen molar-refractivity contribution >= 4 is 15.9 Å². The monoisotopic (exact) mass is 338 g/mol. The van der Waals surface area contributed by atoms with E-state index in [1.807, 2.05) is 0 Å². The third-order valence-electron chi connectivity index (χ3n) is 2.88. The first kappa shape index (κ1) is 18.4. The second kappa shape index (κ2) is 7.10. The van der Waals surface area contributed by atoms with Gasteiger partial charge in [-0.05, 0) is 24.6 Å². The van der Waals surface area contributed by atoms with Crippen LogP contribution in [0.25, 0.3) is 0 Å². The van der Waals surface area contributed by atoms with Gasteiger partial charge >= 0.3 is 6.18 Å².